The summed E-state index contributed by atoms with van der Waals surface area (Å²) in [5.41, 5.74) is 5.07. The molecule has 0 radical (unpaired) electrons. The predicted molar refractivity (Wildman–Crippen MR) is 48.4 cm³/mol. The maximum Gasteiger partial charge on any atom is 0.314 e. The minimum Gasteiger partial charge on any atom is -0.351 e. The number of halogens is 1. The van der Waals surface area contributed by atoms with Crippen molar-refractivity contribution in [2.75, 3.05) is 19.0 Å². The van der Waals surface area contributed by atoms with Gasteiger partial charge in [0.15, 0.2) is 0 Å². The van der Waals surface area contributed by atoms with Gasteiger partial charge in [0, 0.05) is 19.1 Å². The van der Waals surface area contributed by atoms with E-state index in [-0.39, 0.29) is 17.8 Å². The molecule has 1 atom stereocenters. The van der Waals surface area contributed by atoms with E-state index >= 15 is 0 Å². The number of nitrogens with two attached hydrogens (primary N) is 1. The fraction of sp³-hybridized carbons (Fsp3) is 0.714. The third-order valence-corrected chi connectivity index (χ3v) is 2.23. The average Bonchev–Trinajstić information content (AvgIpc) is 2.52. The first-order valence-corrected chi connectivity index (χ1v) is 4.56. The van der Waals surface area contributed by atoms with Gasteiger partial charge in [-0.3, -0.25) is 4.79 Å². The zero-order valence-electron chi connectivity index (χ0n) is 7.12. The van der Waals surface area contributed by atoms with Crippen LogP contribution in [-0.4, -0.2) is 41.8 Å². The first kappa shape index (κ1) is 10.1. The van der Waals surface area contributed by atoms with Gasteiger partial charge in [-0.25, -0.2) is 4.79 Å². The molecule has 1 fully saturated rings. The monoisotopic (exact) mass is 205 g/mol. The van der Waals surface area contributed by atoms with Crippen molar-refractivity contribution in [1.82, 2.24) is 10.2 Å². The van der Waals surface area contributed by atoms with Crippen LogP contribution >= 0.6 is 11.6 Å². The lowest BCUT2D eigenvalue weighted by atomic mass is 10.3. The molecule has 3 N–H and O–H groups in total. The molecule has 1 saturated heterocycles. The summed E-state index contributed by atoms with van der Waals surface area (Å²) < 4.78 is 0. The molecular weight excluding hydrogens is 194 g/mol. The van der Waals surface area contributed by atoms with Crippen LogP contribution in [0.25, 0.3) is 0 Å². The summed E-state index contributed by atoms with van der Waals surface area (Å²) in [6.07, 6.45) is 0.742. The summed E-state index contributed by atoms with van der Waals surface area (Å²) >= 11 is 5.31. The van der Waals surface area contributed by atoms with Crippen molar-refractivity contribution in [3.8, 4) is 0 Å². The van der Waals surface area contributed by atoms with Gasteiger partial charge in [0.05, 0.1) is 0 Å². The summed E-state index contributed by atoms with van der Waals surface area (Å²) in [5, 5.41) is 2.69. The summed E-state index contributed by atoms with van der Waals surface area (Å²) in [5.74, 6) is -0.259. The molecule has 1 aliphatic rings. The van der Waals surface area contributed by atoms with Crippen LogP contribution in [0.1, 0.15) is 6.42 Å². The Morgan fingerprint density at radius 3 is 2.77 bits per heavy atom. The van der Waals surface area contributed by atoms with E-state index in [1.165, 1.54) is 4.90 Å². The first-order valence-electron chi connectivity index (χ1n) is 4.03. The molecule has 0 aliphatic carbocycles. The Bertz CT molecular complexity index is 222. The fourth-order valence-electron chi connectivity index (χ4n) is 1.34. The molecule has 13 heavy (non-hydrogen) atoms. The van der Waals surface area contributed by atoms with Crippen LogP contribution in [0, 0.1) is 0 Å². The maximum absolute atomic E-state index is 10.9. The highest BCUT2D eigenvalue weighted by molar-refractivity contribution is 6.27. The number of nitrogens with zero attached hydrogens (tertiary/aromatic N) is 1. The number of nitrogens with one attached hydrogen (secondary N) is 1. The van der Waals surface area contributed by atoms with Gasteiger partial charge < -0.3 is 16.0 Å². The molecule has 0 aromatic carbocycles. The van der Waals surface area contributed by atoms with E-state index in [9.17, 15) is 9.59 Å². The molecule has 6 heteroatoms. The second-order valence-corrected chi connectivity index (χ2v) is 3.24. The van der Waals surface area contributed by atoms with Crippen LogP contribution in [-0.2, 0) is 4.79 Å². The number of rotatable bonds is 2. The van der Waals surface area contributed by atoms with E-state index in [2.05, 4.69) is 5.32 Å². The van der Waals surface area contributed by atoms with Crippen molar-refractivity contribution in [1.29, 1.82) is 0 Å². The van der Waals surface area contributed by atoms with Crippen LogP contribution in [0.2, 0.25) is 0 Å². The number of hydrogen-bond acceptors (Lipinski definition) is 2. The van der Waals surface area contributed by atoms with Crippen LogP contribution in [0.5, 0.6) is 0 Å². The minimum absolute atomic E-state index is 0.00116. The van der Waals surface area contributed by atoms with Crippen molar-refractivity contribution < 1.29 is 9.59 Å². The quantitative estimate of drug-likeness (QED) is 0.596. The van der Waals surface area contributed by atoms with Gasteiger partial charge in [-0.1, -0.05) is 0 Å². The Balaban J connectivity index is 2.33. The third kappa shape index (κ3) is 2.77. The Morgan fingerprint density at radius 2 is 2.31 bits per heavy atom. The number of carbonyl (C=O) groups is 2. The van der Waals surface area contributed by atoms with E-state index in [0.29, 0.717) is 13.1 Å². The topological polar surface area (TPSA) is 75.4 Å². The molecule has 1 rings (SSSR count). The second-order valence-electron chi connectivity index (χ2n) is 2.97. The van der Waals surface area contributed by atoms with Crippen molar-refractivity contribution in [2.24, 2.45) is 5.73 Å². The number of carbonyl (C=O) groups excluding carboxylic acids is 2. The number of urea groups is 1. The van der Waals surface area contributed by atoms with Crippen molar-refractivity contribution in [2.45, 2.75) is 12.5 Å². The molecule has 5 nitrogen and oxygen atoms in total. The van der Waals surface area contributed by atoms with Crippen LogP contribution in [0.3, 0.4) is 0 Å². The normalized spacial score (nSPS) is 21.6. The van der Waals surface area contributed by atoms with Gasteiger partial charge >= 0.3 is 6.03 Å². The molecule has 1 heterocycles. The minimum atomic E-state index is -0.442. The lowest BCUT2D eigenvalue weighted by Gasteiger charge is -2.13. The molecule has 1 aliphatic heterocycles. The predicted octanol–water partition coefficient (Wildman–Crippen LogP) is -0.506. The van der Waals surface area contributed by atoms with Crippen molar-refractivity contribution in [3.05, 3.63) is 0 Å². The molecule has 0 saturated carbocycles. The zero-order valence-corrected chi connectivity index (χ0v) is 7.88. The number of amides is 3. The highest BCUT2D eigenvalue weighted by Crippen LogP contribution is 2.08. The van der Waals surface area contributed by atoms with Crippen LogP contribution in [0.4, 0.5) is 4.79 Å². The van der Waals surface area contributed by atoms with Gasteiger partial charge in [-0.15, -0.1) is 11.6 Å². The van der Waals surface area contributed by atoms with Crippen LogP contribution in [0.15, 0.2) is 0 Å². The Hall–Kier alpha value is -0.970. The van der Waals surface area contributed by atoms with Gasteiger partial charge in [0.25, 0.3) is 0 Å². The number of likely N-dealkylation sites (tertiary alicyclic amines) is 1. The molecule has 3 amide bonds. The van der Waals surface area contributed by atoms with Gasteiger partial charge in [-0.05, 0) is 6.42 Å². The molecule has 0 aromatic rings. The summed E-state index contributed by atoms with van der Waals surface area (Å²) in [6, 6.07) is -0.443. The van der Waals surface area contributed by atoms with E-state index < -0.39 is 6.03 Å². The molecule has 0 aromatic heterocycles. The molecule has 1 unspecified atom stereocenters. The van der Waals surface area contributed by atoms with E-state index in [1.54, 1.807) is 0 Å². The molecule has 74 valence electrons. The highest BCUT2D eigenvalue weighted by atomic mass is 35.5. The number of hydrogen-bond donors (Lipinski definition) is 2. The Morgan fingerprint density at radius 1 is 1.62 bits per heavy atom. The molecular formula is C7H12ClN3O2. The van der Waals surface area contributed by atoms with E-state index in [1.807, 2.05) is 0 Å². The van der Waals surface area contributed by atoms with E-state index in [0.717, 1.165) is 6.42 Å². The zero-order chi connectivity index (χ0) is 9.84. The first-order chi connectivity index (χ1) is 6.13. The number of alkyl halides is 1. The standard InChI is InChI=1S/C7H12ClN3O2/c8-3-6(12)10-5-1-2-11(4-5)7(9)13/h5H,1-4H2,(H2,9,13)(H,10,12). The summed E-state index contributed by atoms with van der Waals surface area (Å²) in [4.78, 5) is 23.1. The third-order valence-electron chi connectivity index (χ3n) is 1.99. The molecule has 0 bridgehead atoms. The fourth-order valence-corrected chi connectivity index (χ4v) is 1.42. The summed E-state index contributed by atoms with van der Waals surface area (Å²) in [7, 11) is 0. The lowest BCUT2D eigenvalue weighted by molar-refractivity contribution is -0.119. The Kier molecular flexibility index (Phi) is 3.36. The van der Waals surface area contributed by atoms with Gasteiger partial charge in [-0.2, -0.15) is 0 Å². The van der Waals surface area contributed by atoms with Gasteiger partial charge in [0.1, 0.15) is 5.88 Å². The van der Waals surface area contributed by atoms with Crippen LogP contribution < -0.4 is 11.1 Å². The number of primary amides is 1. The Labute approximate surface area is 81.2 Å². The van der Waals surface area contributed by atoms with Crippen molar-refractivity contribution in [3.63, 3.8) is 0 Å². The second kappa shape index (κ2) is 4.32. The van der Waals surface area contributed by atoms with Gasteiger partial charge in [0.2, 0.25) is 5.91 Å². The molecule has 0 spiro atoms. The maximum atomic E-state index is 10.9. The van der Waals surface area contributed by atoms with Crippen molar-refractivity contribution >= 4 is 23.5 Å². The van der Waals surface area contributed by atoms with E-state index in [4.69, 9.17) is 17.3 Å². The summed E-state index contributed by atoms with van der Waals surface area (Å²) in [6.45, 7) is 1.08. The lowest BCUT2D eigenvalue weighted by Crippen LogP contribution is -2.40. The smallest absolute Gasteiger partial charge is 0.314 e. The SMILES string of the molecule is NC(=O)N1CCC(NC(=O)CCl)C1. The highest BCUT2D eigenvalue weighted by Gasteiger charge is 2.25. The largest absolute Gasteiger partial charge is 0.351 e. The average molecular weight is 206 g/mol.